The number of rotatable bonds is 9. The number of carbonyl (C=O) groups excluding carboxylic acids is 1. The van der Waals surface area contributed by atoms with E-state index in [0.29, 0.717) is 13.0 Å². The Morgan fingerprint density at radius 1 is 1.07 bits per heavy atom. The summed E-state index contributed by atoms with van der Waals surface area (Å²) in [4.78, 5) is 15.8. The van der Waals surface area contributed by atoms with Crippen molar-refractivity contribution in [2.24, 2.45) is 0 Å². The summed E-state index contributed by atoms with van der Waals surface area (Å²) in [6.45, 7) is 0.469. The smallest absolute Gasteiger partial charge is 0.308 e. The molecule has 3 aromatic rings. The summed E-state index contributed by atoms with van der Waals surface area (Å²) in [5.41, 5.74) is 1.96. The lowest BCUT2D eigenvalue weighted by atomic mass is 10.00. The number of aldehydes is 1. The molecule has 0 saturated carbocycles. The van der Waals surface area contributed by atoms with E-state index in [2.05, 4.69) is 4.98 Å². The molecule has 1 aromatic heterocycles. The summed E-state index contributed by atoms with van der Waals surface area (Å²) in [7, 11) is -0.876. The van der Waals surface area contributed by atoms with Crippen molar-refractivity contribution in [3.8, 4) is 5.75 Å². The Kier molecular flexibility index (Phi) is 6.46. The second-order valence-corrected chi connectivity index (χ2v) is 8.76. The van der Waals surface area contributed by atoms with Gasteiger partial charge in [-0.2, -0.15) is 12.7 Å². The van der Waals surface area contributed by atoms with Crippen LogP contribution in [0, 0.1) is 0 Å². The second-order valence-electron chi connectivity index (χ2n) is 6.74. The number of carbonyl (C=O) groups is 1. The van der Waals surface area contributed by atoms with Crippen LogP contribution in [-0.4, -0.2) is 42.1 Å². The summed E-state index contributed by atoms with van der Waals surface area (Å²) in [5.74, 6) is 0.228. The van der Waals surface area contributed by atoms with E-state index in [0.717, 1.165) is 31.4 Å². The van der Waals surface area contributed by atoms with E-state index in [1.165, 1.54) is 26.5 Å². The number of hydrogen-bond donors (Lipinski definition) is 0. The molecule has 0 aliphatic heterocycles. The molecule has 0 spiro atoms. The Morgan fingerprint density at radius 3 is 2.38 bits per heavy atom. The lowest BCUT2D eigenvalue weighted by molar-refractivity contribution is -0.109. The average molecular weight is 413 g/mol. The van der Waals surface area contributed by atoms with E-state index in [1.807, 2.05) is 54.6 Å². The summed E-state index contributed by atoms with van der Waals surface area (Å²) < 4.78 is 32.8. The topological polar surface area (TPSA) is 81.5 Å². The highest BCUT2D eigenvalue weighted by atomic mass is 32.2. The number of aromatic nitrogens is 2. The van der Waals surface area contributed by atoms with Crippen molar-refractivity contribution in [2.45, 2.75) is 18.9 Å². The number of ether oxygens (including phenoxy) is 1. The maximum Gasteiger partial charge on any atom is 0.308 e. The fourth-order valence-electron chi connectivity index (χ4n) is 2.85. The molecule has 0 N–H and O–H groups in total. The monoisotopic (exact) mass is 413 g/mol. The van der Waals surface area contributed by atoms with Crippen LogP contribution in [-0.2, 0) is 28.0 Å². The molecule has 1 unspecified atom stereocenters. The predicted octanol–water partition coefficient (Wildman–Crippen LogP) is 2.64. The molecular weight excluding hydrogens is 390 g/mol. The Balaban J connectivity index is 1.71. The van der Waals surface area contributed by atoms with Crippen molar-refractivity contribution < 1.29 is 17.9 Å². The number of hydrogen-bond acceptors (Lipinski definition) is 5. The molecule has 0 amide bonds. The van der Waals surface area contributed by atoms with Gasteiger partial charge < -0.3 is 9.53 Å². The number of nitrogens with zero attached hydrogens (tertiary/aromatic N) is 3. The second kappa shape index (κ2) is 9.02. The van der Waals surface area contributed by atoms with Gasteiger partial charge in [-0.3, -0.25) is 0 Å². The zero-order valence-electron chi connectivity index (χ0n) is 16.3. The molecule has 0 aliphatic carbocycles. The molecule has 1 atom stereocenters. The van der Waals surface area contributed by atoms with Crippen LogP contribution in [0.2, 0.25) is 0 Å². The first kappa shape index (κ1) is 20.8. The molecule has 1 heterocycles. The van der Waals surface area contributed by atoms with E-state index >= 15 is 0 Å². The highest BCUT2D eigenvalue weighted by Crippen LogP contribution is 2.22. The highest BCUT2D eigenvalue weighted by molar-refractivity contribution is 7.87. The zero-order valence-corrected chi connectivity index (χ0v) is 17.1. The van der Waals surface area contributed by atoms with Crippen LogP contribution in [0.5, 0.6) is 5.75 Å². The van der Waals surface area contributed by atoms with Crippen LogP contribution in [0.4, 0.5) is 0 Å². The minimum absolute atomic E-state index is 0.193. The van der Waals surface area contributed by atoms with Gasteiger partial charge in [0.05, 0.1) is 5.92 Å². The lowest BCUT2D eigenvalue weighted by Crippen LogP contribution is -2.30. The van der Waals surface area contributed by atoms with Crippen LogP contribution in [0.1, 0.15) is 22.9 Å². The molecule has 2 aromatic carbocycles. The summed E-state index contributed by atoms with van der Waals surface area (Å²) in [5, 5.41) is 0. The Bertz CT molecular complexity index is 1050. The molecule has 0 fully saturated rings. The fourth-order valence-corrected chi connectivity index (χ4v) is 3.83. The quantitative estimate of drug-likeness (QED) is 0.504. The molecule has 0 aliphatic rings. The minimum Gasteiger partial charge on any atom is -0.489 e. The normalized spacial score (nSPS) is 12.7. The van der Waals surface area contributed by atoms with Gasteiger partial charge in [-0.1, -0.05) is 42.5 Å². The molecule has 3 rings (SSSR count). The van der Waals surface area contributed by atoms with E-state index in [4.69, 9.17) is 4.74 Å². The third-order valence-corrected chi connectivity index (χ3v) is 6.20. The van der Waals surface area contributed by atoms with E-state index in [9.17, 15) is 13.2 Å². The van der Waals surface area contributed by atoms with Crippen molar-refractivity contribution in [3.63, 3.8) is 0 Å². The van der Waals surface area contributed by atoms with Gasteiger partial charge in [0.25, 0.3) is 0 Å². The summed E-state index contributed by atoms with van der Waals surface area (Å²) >= 11 is 0. The van der Waals surface area contributed by atoms with Gasteiger partial charge >= 0.3 is 10.2 Å². The van der Waals surface area contributed by atoms with Crippen LogP contribution in [0.3, 0.4) is 0 Å². The van der Waals surface area contributed by atoms with Crippen molar-refractivity contribution in [3.05, 3.63) is 83.9 Å². The van der Waals surface area contributed by atoms with Crippen molar-refractivity contribution in [1.82, 2.24) is 13.3 Å². The van der Waals surface area contributed by atoms with Gasteiger partial charge in [0.2, 0.25) is 0 Å². The van der Waals surface area contributed by atoms with Gasteiger partial charge in [-0.25, -0.2) is 8.96 Å². The van der Waals surface area contributed by atoms with E-state index in [1.54, 1.807) is 0 Å². The summed E-state index contributed by atoms with van der Waals surface area (Å²) in [6, 6.07) is 17.3. The molecule has 152 valence electrons. The SMILES string of the molecule is CN(C)S(=O)(=O)n1ccnc1C(C=O)Cc1ccc(OCc2ccccc2)cc1. The molecule has 29 heavy (non-hydrogen) atoms. The third-order valence-electron chi connectivity index (χ3n) is 4.47. The van der Waals surface area contributed by atoms with Gasteiger partial charge in [0, 0.05) is 26.5 Å². The fraction of sp³-hybridized carbons (Fsp3) is 0.238. The maximum absolute atomic E-state index is 12.4. The molecular formula is C21H23N3O4S. The first-order valence-corrected chi connectivity index (χ1v) is 10.5. The first-order valence-electron chi connectivity index (χ1n) is 9.09. The predicted molar refractivity (Wildman–Crippen MR) is 110 cm³/mol. The Morgan fingerprint density at radius 2 is 1.76 bits per heavy atom. The third kappa shape index (κ3) is 4.90. The maximum atomic E-state index is 12.4. The zero-order chi connectivity index (χ0) is 20.9. The van der Waals surface area contributed by atoms with Crippen LogP contribution in [0.15, 0.2) is 67.0 Å². The average Bonchev–Trinajstić information content (AvgIpc) is 3.22. The standard InChI is InChI=1S/C21H23N3O4S/c1-23(2)29(26,27)24-13-12-22-21(24)19(15-25)14-17-8-10-20(11-9-17)28-16-18-6-4-3-5-7-18/h3-13,15,19H,14,16H2,1-2H3. The van der Waals surface area contributed by atoms with Crippen molar-refractivity contribution in [1.29, 1.82) is 0 Å². The highest BCUT2D eigenvalue weighted by Gasteiger charge is 2.25. The van der Waals surface area contributed by atoms with E-state index in [-0.39, 0.29) is 5.82 Å². The number of imidazole rings is 1. The first-order chi connectivity index (χ1) is 13.9. The van der Waals surface area contributed by atoms with Gasteiger partial charge in [-0.05, 0) is 29.7 Å². The van der Waals surface area contributed by atoms with Gasteiger partial charge in [0.1, 0.15) is 24.5 Å². The molecule has 7 nitrogen and oxygen atoms in total. The molecule has 0 bridgehead atoms. The van der Waals surface area contributed by atoms with Gasteiger partial charge in [-0.15, -0.1) is 0 Å². The van der Waals surface area contributed by atoms with Crippen LogP contribution >= 0.6 is 0 Å². The van der Waals surface area contributed by atoms with Gasteiger partial charge in [0.15, 0.2) is 0 Å². The van der Waals surface area contributed by atoms with Crippen molar-refractivity contribution >= 4 is 16.5 Å². The largest absolute Gasteiger partial charge is 0.489 e. The minimum atomic E-state index is -3.74. The number of benzene rings is 2. The molecule has 0 saturated heterocycles. The lowest BCUT2D eigenvalue weighted by Gasteiger charge is -2.17. The molecule has 8 heteroatoms. The Labute approximate surface area is 170 Å². The van der Waals surface area contributed by atoms with Crippen molar-refractivity contribution in [2.75, 3.05) is 14.1 Å². The molecule has 0 radical (unpaired) electrons. The summed E-state index contributed by atoms with van der Waals surface area (Å²) in [6.07, 6.45) is 3.79. The van der Waals surface area contributed by atoms with Crippen LogP contribution < -0.4 is 4.74 Å². The Hall–Kier alpha value is -2.97. The van der Waals surface area contributed by atoms with E-state index < -0.39 is 16.1 Å². The van der Waals surface area contributed by atoms with Crippen LogP contribution in [0.25, 0.3) is 0 Å².